The lowest BCUT2D eigenvalue weighted by Gasteiger charge is -2.08. The molecule has 0 saturated heterocycles. The first kappa shape index (κ1) is 17.2. The van der Waals surface area contributed by atoms with Crippen molar-refractivity contribution in [2.45, 2.75) is 25.7 Å². The van der Waals surface area contributed by atoms with Crippen molar-refractivity contribution in [3.63, 3.8) is 0 Å². The van der Waals surface area contributed by atoms with Gasteiger partial charge in [-0.2, -0.15) is 0 Å². The van der Waals surface area contributed by atoms with E-state index < -0.39 is 0 Å². The zero-order chi connectivity index (χ0) is 15.6. The summed E-state index contributed by atoms with van der Waals surface area (Å²) in [5, 5.41) is 1.07. The molecule has 0 aliphatic carbocycles. The molecule has 0 atom stereocenters. The summed E-state index contributed by atoms with van der Waals surface area (Å²) in [4.78, 5) is 4.52. The van der Waals surface area contributed by atoms with Gasteiger partial charge in [-0.1, -0.05) is 0 Å². The fraction of sp³-hybridized carbons (Fsp3) is 0.471. The van der Waals surface area contributed by atoms with Gasteiger partial charge in [-0.15, -0.1) is 23.2 Å². The van der Waals surface area contributed by atoms with Gasteiger partial charge in [-0.3, -0.25) is 0 Å². The van der Waals surface area contributed by atoms with Gasteiger partial charge in [0.05, 0.1) is 18.7 Å². The van der Waals surface area contributed by atoms with E-state index in [1.165, 1.54) is 0 Å². The van der Waals surface area contributed by atoms with Gasteiger partial charge in [-0.05, 0) is 43.9 Å². The number of halogens is 2. The van der Waals surface area contributed by atoms with Crippen LogP contribution in [0, 0.1) is 0 Å². The third-order valence-corrected chi connectivity index (χ3v) is 3.75. The van der Waals surface area contributed by atoms with E-state index in [-0.39, 0.29) is 0 Å². The Morgan fingerprint density at radius 1 is 0.818 bits per heavy atom. The van der Waals surface area contributed by atoms with E-state index in [1.54, 1.807) is 0 Å². The van der Waals surface area contributed by atoms with E-state index >= 15 is 0 Å². The molecule has 5 heteroatoms. The van der Waals surface area contributed by atoms with Crippen LogP contribution in [0.2, 0.25) is 0 Å². The number of benzene rings is 1. The molecule has 0 saturated carbocycles. The molecular formula is C17H21Cl2NO2. The average Bonchev–Trinajstić information content (AvgIpc) is 2.55. The van der Waals surface area contributed by atoms with Crippen LogP contribution >= 0.6 is 23.2 Å². The molecule has 3 nitrogen and oxygen atoms in total. The van der Waals surface area contributed by atoms with Gasteiger partial charge < -0.3 is 9.47 Å². The molecule has 0 bridgehead atoms. The van der Waals surface area contributed by atoms with Crippen molar-refractivity contribution in [2.75, 3.05) is 25.0 Å². The molecule has 0 spiro atoms. The predicted molar refractivity (Wildman–Crippen MR) is 92.6 cm³/mol. The number of ether oxygens (including phenoxy) is 2. The summed E-state index contributed by atoms with van der Waals surface area (Å²) in [5.41, 5.74) is 0.879. The second kappa shape index (κ2) is 9.75. The topological polar surface area (TPSA) is 31.4 Å². The van der Waals surface area contributed by atoms with Crippen LogP contribution in [0.4, 0.5) is 0 Å². The fourth-order valence-corrected chi connectivity index (χ4v) is 2.39. The Hall–Kier alpha value is -1.19. The molecule has 0 fully saturated rings. The Kier molecular flexibility index (Phi) is 7.61. The highest BCUT2D eigenvalue weighted by Gasteiger charge is 2.02. The molecule has 1 aromatic heterocycles. The molecule has 2 rings (SSSR count). The third-order valence-electron chi connectivity index (χ3n) is 3.21. The van der Waals surface area contributed by atoms with Crippen LogP contribution in [0.25, 0.3) is 10.9 Å². The Bertz CT molecular complexity index is 531. The van der Waals surface area contributed by atoms with Crippen molar-refractivity contribution in [1.82, 2.24) is 4.98 Å². The van der Waals surface area contributed by atoms with Gasteiger partial charge in [-0.25, -0.2) is 4.98 Å². The Balaban J connectivity index is 1.96. The van der Waals surface area contributed by atoms with Crippen molar-refractivity contribution < 1.29 is 9.47 Å². The largest absolute Gasteiger partial charge is 0.494 e. The van der Waals surface area contributed by atoms with Crippen LogP contribution in [-0.2, 0) is 0 Å². The highest BCUT2D eigenvalue weighted by molar-refractivity contribution is 6.18. The zero-order valence-electron chi connectivity index (χ0n) is 12.6. The SMILES string of the molecule is ClCCCCOc1ccc2ccc(OCCCCCl)nc2c1. The zero-order valence-corrected chi connectivity index (χ0v) is 14.1. The maximum Gasteiger partial charge on any atom is 0.213 e. The standard InChI is InChI=1S/C17H21Cl2NO2/c18-9-1-3-11-21-15-7-5-14-6-8-17(20-16(14)13-15)22-12-4-2-10-19/h5-8,13H,1-4,9-12H2. The number of rotatable bonds is 10. The summed E-state index contributed by atoms with van der Waals surface area (Å²) in [6.07, 6.45) is 3.81. The van der Waals surface area contributed by atoms with Gasteiger partial charge in [0.25, 0.3) is 0 Å². The van der Waals surface area contributed by atoms with E-state index in [0.717, 1.165) is 42.3 Å². The minimum Gasteiger partial charge on any atom is -0.494 e. The summed E-state index contributed by atoms with van der Waals surface area (Å²) in [6, 6.07) is 9.82. The van der Waals surface area contributed by atoms with Crippen LogP contribution in [0.5, 0.6) is 11.6 Å². The molecule has 0 aliphatic heterocycles. The smallest absolute Gasteiger partial charge is 0.213 e. The number of hydrogen-bond donors (Lipinski definition) is 0. The second-order valence-electron chi connectivity index (χ2n) is 4.99. The van der Waals surface area contributed by atoms with E-state index in [1.807, 2.05) is 30.3 Å². The molecule has 0 amide bonds. The van der Waals surface area contributed by atoms with Crippen LogP contribution in [0.15, 0.2) is 30.3 Å². The summed E-state index contributed by atoms with van der Waals surface area (Å²) >= 11 is 11.3. The second-order valence-corrected chi connectivity index (χ2v) is 5.75. The minimum absolute atomic E-state index is 0.639. The van der Waals surface area contributed by atoms with Gasteiger partial charge >= 0.3 is 0 Å². The monoisotopic (exact) mass is 341 g/mol. The molecule has 0 N–H and O–H groups in total. The van der Waals surface area contributed by atoms with Crippen molar-refractivity contribution in [3.8, 4) is 11.6 Å². The first-order valence-electron chi connectivity index (χ1n) is 7.62. The molecule has 2 aromatic rings. The Labute approximate surface area is 141 Å². The lowest BCUT2D eigenvalue weighted by molar-refractivity contribution is 0.299. The normalized spacial score (nSPS) is 10.8. The predicted octanol–water partition coefficient (Wildman–Crippen LogP) is 5.03. The van der Waals surface area contributed by atoms with E-state index in [4.69, 9.17) is 32.7 Å². The summed E-state index contributed by atoms with van der Waals surface area (Å²) < 4.78 is 11.4. The number of pyridine rings is 1. The van der Waals surface area contributed by atoms with Gasteiger partial charge in [0.2, 0.25) is 5.88 Å². The Morgan fingerprint density at radius 2 is 1.50 bits per heavy atom. The maximum absolute atomic E-state index is 5.72. The third kappa shape index (κ3) is 5.54. The van der Waals surface area contributed by atoms with Crippen LogP contribution in [0.3, 0.4) is 0 Å². The maximum atomic E-state index is 5.72. The van der Waals surface area contributed by atoms with Crippen LogP contribution in [0.1, 0.15) is 25.7 Å². The Morgan fingerprint density at radius 3 is 2.23 bits per heavy atom. The number of hydrogen-bond acceptors (Lipinski definition) is 3. The van der Waals surface area contributed by atoms with Crippen LogP contribution < -0.4 is 9.47 Å². The van der Waals surface area contributed by atoms with Gasteiger partial charge in [0.15, 0.2) is 0 Å². The lowest BCUT2D eigenvalue weighted by Crippen LogP contribution is -2.00. The van der Waals surface area contributed by atoms with Gasteiger partial charge in [0, 0.05) is 29.3 Å². The number of alkyl halides is 2. The fourth-order valence-electron chi connectivity index (χ4n) is 2.01. The molecule has 0 unspecified atom stereocenters. The quantitative estimate of drug-likeness (QED) is 0.448. The summed E-state index contributed by atoms with van der Waals surface area (Å²) in [6.45, 7) is 1.31. The summed E-state index contributed by atoms with van der Waals surface area (Å²) in [7, 11) is 0. The van der Waals surface area contributed by atoms with Crippen molar-refractivity contribution >= 4 is 34.1 Å². The average molecular weight is 342 g/mol. The first-order chi connectivity index (χ1) is 10.8. The number of fused-ring (bicyclic) bond motifs is 1. The lowest BCUT2D eigenvalue weighted by atomic mass is 10.2. The molecule has 1 aromatic carbocycles. The van der Waals surface area contributed by atoms with E-state index in [9.17, 15) is 0 Å². The molecule has 0 aliphatic rings. The van der Waals surface area contributed by atoms with Crippen molar-refractivity contribution in [2.24, 2.45) is 0 Å². The molecule has 0 radical (unpaired) electrons. The number of unbranched alkanes of at least 4 members (excludes halogenated alkanes) is 2. The minimum atomic E-state index is 0.639. The first-order valence-corrected chi connectivity index (χ1v) is 8.69. The van der Waals surface area contributed by atoms with E-state index in [0.29, 0.717) is 30.9 Å². The van der Waals surface area contributed by atoms with Gasteiger partial charge in [0.1, 0.15) is 5.75 Å². The number of aromatic nitrogens is 1. The number of nitrogens with zero attached hydrogens (tertiary/aromatic N) is 1. The molecule has 1 heterocycles. The van der Waals surface area contributed by atoms with E-state index in [2.05, 4.69) is 4.98 Å². The molecule has 120 valence electrons. The molecular weight excluding hydrogens is 321 g/mol. The highest BCUT2D eigenvalue weighted by atomic mass is 35.5. The van der Waals surface area contributed by atoms with Crippen molar-refractivity contribution in [1.29, 1.82) is 0 Å². The highest BCUT2D eigenvalue weighted by Crippen LogP contribution is 2.22. The van der Waals surface area contributed by atoms with Crippen LogP contribution in [-0.4, -0.2) is 30.0 Å². The summed E-state index contributed by atoms with van der Waals surface area (Å²) in [5.74, 6) is 2.81. The molecule has 22 heavy (non-hydrogen) atoms. The van der Waals surface area contributed by atoms with Crippen molar-refractivity contribution in [3.05, 3.63) is 30.3 Å².